The van der Waals surface area contributed by atoms with Gasteiger partial charge in [0.2, 0.25) is 0 Å². The zero-order valence-corrected chi connectivity index (χ0v) is 14.5. The molecule has 1 saturated heterocycles. The molecule has 0 atom stereocenters. The number of nitrogens with zero attached hydrogens (tertiary/aromatic N) is 2. The normalized spacial score (nSPS) is 15.2. The highest BCUT2D eigenvalue weighted by Gasteiger charge is 2.16. The summed E-state index contributed by atoms with van der Waals surface area (Å²) in [4.78, 5) is 16.3. The third-order valence-electron chi connectivity index (χ3n) is 4.13. The summed E-state index contributed by atoms with van der Waals surface area (Å²) in [6.07, 6.45) is 3.18. The summed E-state index contributed by atoms with van der Waals surface area (Å²) >= 11 is 0. The summed E-state index contributed by atoms with van der Waals surface area (Å²) in [6, 6.07) is 7.14. The molecule has 0 radical (unpaired) electrons. The molecule has 1 aromatic carbocycles. The number of carbonyl (C=O) groups excluding carboxylic acids is 1. The lowest BCUT2D eigenvalue weighted by Crippen LogP contribution is -2.32. The summed E-state index contributed by atoms with van der Waals surface area (Å²) in [7, 11) is 0. The van der Waals surface area contributed by atoms with E-state index in [0.29, 0.717) is 30.4 Å². The van der Waals surface area contributed by atoms with Crippen LogP contribution >= 0.6 is 0 Å². The van der Waals surface area contributed by atoms with Gasteiger partial charge in [0.15, 0.2) is 5.82 Å². The van der Waals surface area contributed by atoms with Gasteiger partial charge >= 0.3 is 0 Å². The van der Waals surface area contributed by atoms with Gasteiger partial charge in [0, 0.05) is 17.7 Å². The van der Waals surface area contributed by atoms with Crippen LogP contribution in [0, 0.1) is 0 Å². The zero-order chi connectivity index (χ0) is 17.5. The smallest absolute Gasteiger partial charge is 0.258 e. The van der Waals surface area contributed by atoms with Gasteiger partial charge in [-0.1, -0.05) is 12.1 Å². The fourth-order valence-electron chi connectivity index (χ4n) is 2.69. The van der Waals surface area contributed by atoms with Crippen molar-refractivity contribution in [2.45, 2.75) is 38.9 Å². The molecule has 2 aromatic rings. The Hall–Kier alpha value is -2.25. The van der Waals surface area contributed by atoms with Crippen molar-refractivity contribution in [1.82, 2.24) is 20.8 Å². The van der Waals surface area contributed by atoms with Crippen LogP contribution in [0.25, 0.3) is 11.5 Å². The van der Waals surface area contributed by atoms with Gasteiger partial charge in [0.05, 0.1) is 6.10 Å². The number of ether oxygens (including phenoxy) is 1. The second kappa shape index (κ2) is 8.73. The minimum Gasteiger partial charge on any atom is -0.370 e. The maximum atomic E-state index is 11.9. The Kier molecular flexibility index (Phi) is 6.14. The quantitative estimate of drug-likeness (QED) is 0.800. The third kappa shape index (κ3) is 4.87. The summed E-state index contributed by atoms with van der Waals surface area (Å²) in [5.74, 6) is 0.901. The number of hydrogen-bond donors (Lipinski definition) is 2. The van der Waals surface area contributed by atoms with Crippen molar-refractivity contribution in [3.05, 3.63) is 35.7 Å². The standard InChI is InChI=1S/C18H24N4O3/c1-2-9-20-17(23)13-3-5-14(6-4-13)18-21-16(22-25-18)12-24-15-7-10-19-11-8-15/h3-6,15,19H,2,7-12H2,1H3,(H,20,23). The SMILES string of the molecule is CCCNC(=O)c1ccc(-c2nc(COC3CCNCC3)no2)cc1. The molecule has 2 N–H and O–H groups in total. The fraction of sp³-hybridized carbons (Fsp3) is 0.500. The second-order valence-corrected chi connectivity index (χ2v) is 6.11. The number of benzene rings is 1. The monoisotopic (exact) mass is 344 g/mol. The van der Waals surface area contributed by atoms with E-state index in [9.17, 15) is 4.79 Å². The Bertz CT molecular complexity index is 678. The van der Waals surface area contributed by atoms with Crippen molar-refractivity contribution in [2.24, 2.45) is 0 Å². The predicted molar refractivity (Wildman–Crippen MR) is 93.0 cm³/mol. The van der Waals surface area contributed by atoms with Crippen LogP contribution in [-0.2, 0) is 11.3 Å². The van der Waals surface area contributed by atoms with E-state index < -0.39 is 0 Å². The molecule has 1 aromatic heterocycles. The maximum absolute atomic E-state index is 11.9. The molecule has 0 saturated carbocycles. The van der Waals surface area contributed by atoms with Gasteiger partial charge in [-0.25, -0.2) is 0 Å². The topological polar surface area (TPSA) is 89.3 Å². The predicted octanol–water partition coefficient (Wildman–Crippen LogP) is 2.14. The number of nitrogens with one attached hydrogen (secondary N) is 2. The molecular weight excluding hydrogens is 320 g/mol. The van der Waals surface area contributed by atoms with Crippen LogP contribution in [0.15, 0.2) is 28.8 Å². The molecule has 1 aliphatic heterocycles. The Labute approximate surface area is 147 Å². The summed E-state index contributed by atoms with van der Waals surface area (Å²) in [5.41, 5.74) is 1.40. The Morgan fingerprint density at radius 3 is 2.80 bits per heavy atom. The van der Waals surface area contributed by atoms with Gasteiger partial charge < -0.3 is 19.9 Å². The molecule has 1 aliphatic rings. The third-order valence-corrected chi connectivity index (χ3v) is 4.13. The van der Waals surface area contributed by atoms with E-state index in [1.807, 2.05) is 19.1 Å². The number of piperidine rings is 1. The molecule has 25 heavy (non-hydrogen) atoms. The fourth-order valence-corrected chi connectivity index (χ4v) is 2.69. The lowest BCUT2D eigenvalue weighted by Gasteiger charge is -2.22. The van der Waals surface area contributed by atoms with Crippen LogP contribution in [0.3, 0.4) is 0 Å². The molecule has 3 rings (SSSR count). The number of rotatable bonds is 7. The molecule has 0 bridgehead atoms. The molecule has 134 valence electrons. The maximum Gasteiger partial charge on any atom is 0.258 e. The van der Waals surface area contributed by atoms with Gasteiger partial charge in [0.1, 0.15) is 6.61 Å². The highest BCUT2D eigenvalue weighted by molar-refractivity contribution is 5.94. The summed E-state index contributed by atoms with van der Waals surface area (Å²) < 4.78 is 11.1. The molecule has 1 amide bonds. The number of amides is 1. The van der Waals surface area contributed by atoms with E-state index >= 15 is 0 Å². The zero-order valence-electron chi connectivity index (χ0n) is 14.5. The Morgan fingerprint density at radius 1 is 1.32 bits per heavy atom. The van der Waals surface area contributed by atoms with Crippen LogP contribution in [-0.4, -0.2) is 41.8 Å². The molecule has 2 heterocycles. The highest BCUT2D eigenvalue weighted by Crippen LogP contribution is 2.18. The first-order chi connectivity index (χ1) is 12.3. The van der Waals surface area contributed by atoms with Gasteiger partial charge in [-0.05, 0) is 56.6 Å². The molecular formula is C18H24N4O3. The first kappa shape index (κ1) is 17.6. The van der Waals surface area contributed by atoms with Crippen molar-refractivity contribution in [3.63, 3.8) is 0 Å². The van der Waals surface area contributed by atoms with E-state index in [1.165, 1.54) is 0 Å². The average Bonchev–Trinajstić information content (AvgIpc) is 3.14. The summed E-state index contributed by atoms with van der Waals surface area (Å²) in [5, 5.41) is 10.1. The van der Waals surface area contributed by atoms with E-state index in [0.717, 1.165) is 37.9 Å². The van der Waals surface area contributed by atoms with Crippen molar-refractivity contribution in [2.75, 3.05) is 19.6 Å². The van der Waals surface area contributed by atoms with E-state index in [4.69, 9.17) is 9.26 Å². The van der Waals surface area contributed by atoms with Crippen LogP contribution in [0.4, 0.5) is 0 Å². The first-order valence-corrected chi connectivity index (χ1v) is 8.80. The van der Waals surface area contributed by atoms with Gasteiger partial charge in [-0.15, -0.1) is 0 Å². The Balaban J connectivity index is 1.57. The van der Waals surface area contributed by atoms with Crippen LogP contribution in [0.5, 0.6) is 0 Å². The molecule has 0 aliphatic carbocycles. The van der Waals surface area contributed by atoms with Crippen molar-refractivity contribution in [3.8, 4) is 11.5 Å². The van der Waals surface area contributed by atoms with Crippen LogP contribution in [0.2, 0.25) is 0 Å². The second-order valence-electron chi connectivity index (χ2n) is 6.11. The molecule has 7 heteroatoms. The van der Waals surface area contributed by atoms with Gasteiger partial charge in [0.25, 0.3) is 11.8 Å². The lowest BCUT2D eigenvalue weighted by molar-refractivity contribution is 0.0170. The van der Waals surface area contributed by atoms with Gasteiger partial charge in [-0.3, -0.25) is 4.79 Å². The highest BCUT2D eigenvalue weighted by atomic mass is 16.5. The van der Waals surface area contributed by atoms with E-state index in [1.54, 1.807) is 12.1 Å². The number of carbonyl (C=O) groups is 1. The minimum absolute atomic E-state index is 0.0741. The molecule has 1 fully saturated rings. The van der Waals surface area contributed by atoms with E-state index in [-0.39, 0.29) is 12.0 Å². The van der Waals surface area contributed by atoms with Crippen LogP contribution < -0.4 is 10.6 Å². The molecule has 0 unspecified atom stereocenters. The first-order valence-electron chi connectivity index (χ1n) is 8.80. The van der Waals surface area contributed by atoms with E-state index in [2.05, 4.69) is 20.8 Å². The van der Waals surface area contributed by atoms with Crippen molar-refractivity contribution in [1.29, 1.82) is 0 Å². The number of hydrogen-bond acceptors (Lipinski definition) is 6. The van der Waals surface area contributed by atoms with Crippen molar-refractivity contribution < 1.29 is 14.1 Å². The molecule has 0 spiro atoms. The summed E-state index contributed by atoms with van der Waals surface area (Å²) in [6.45, 7) is 5.02. The lowest BCUT2D eigenvalue weighted by atomic mass is 10.1. The van der Waals surface area contributed by atoms with Gasteiger partial charge in [-0.2, -0.15) is 4.98 Å². The number of aromatic nitrogens is 2. The average molecular weight is 344 g/mol. The van der Waals surface area contributed by atoms with Crippen molar-refractivity contribution >= 4 is 5.91 Å². The largest absolute Gasteiger partial charge is 0.370 e. The minimum atomic E-state index is -0.0741. The Morgan fingerprint density at radius 2 is 2.08 bits per heavy atom. The molecule has 7 nitrogen and oxygen atoms in total. The van der Waals surface area contributed by atoms with Crippen LogP contribution in [0.1, 0.15) is 42.4 Å².